The van der Waals surface area contributed by atoms with Crippen LogP contribution in [0.2, 0.25) is 0 Å². The van der Waals surface area contributed by atoms with Crippen molar-refractivity contribution >= 4 is 11.3 Å². The lowest BCUT2D eigenvalue weighted by Gasteiger charge is -2.34. The molecule has 1 unspecified atom stereocenters. The van der Waals surface area contributed by atoms with Crippen molar-refractivity contribution in [1.29, 1.82) is 0 Å². The van der Waals surface area contributed by atoms with Gasteiger partial charge in [-0.2, -0.15) is 0 Å². The molecule has 90 valence electrons. The zero-order valence-electron chi connectivity index (χ0n) is 10.5. The van der Waals surface area contributed by atoms with Gasteiger partial charge in [0.1, 0.15) is 0 Å². The number of likely N-dealkylation sites (N-methyl/N-ethyl adjacent to an activating group) is 1. The highest BCUT2D eigenvalue weighted by Gasteiger charge is 2.26. The summed E-state index contributed by atoms with van der Waals surface area (Å²) in [4.78, 5) is 3.09. The lowest BCUT2D eigenvalue weighted by atomic mass is 9.78. The lowest BCUT2D eigenvalue weighted by molar-refractivity contribution is 0.230. The Morgan fingerprint density at radius 2 is 2.06 bits per heavy atom. The normalized spacial score (nSPS) is 18.4. The molecule has 2 rings (SSSR count). The smallest absolute Gasteiger partial charge is 0.0143 e. The van der Waals surface area contributed by atoms with Crippen molar-refractivity contribution in [2.75, 3.05) is 6.54 Å². The minimum absolute atomic E-state index is 0.724. The van der Waals surface area contributed by atoms with Crippen LogP contribution < -0.4 is 5.32 Å². The highest BCUT2D eigenvalue weighted by atomic mass is 32.1. The molecule has 1 fully saturated rings. The van der Waals surface area contributed by atoms with Gasteiger partial charge in [0.15, 0.2) is 0 Å². The summed E-state index contributed by atoms with van der Waals surface area (Å²) < 4.78 is 0. The second-order valence-electron chi connectivity index (χ2n) is 4.78. The molecule has 0 amide bonds. The molecule has 1 nitrogen and oxygen atoms in total. The fourth-order valence-corrected chi connectivity index (χ4v) is 3.46. The average molecular weight is 237 g/mol. The van der Waals surface area contributed by atoms with E-state index in [4.69, 9.17) is 0 Å². The van der Waals surface area contributed by atoms with Gasteiger partial charge in [-0.15, -0.1) is 11.3 Å². The summed E-state index contributed by atoms with van der Waals surface area (Å²) in [7, 11) is 0. The van der Waals surface area contributed by atoms with Crippen molar-refractivity contribution in [2.45, 2.75) is 52.0 Å². The summed E-state index contributed by atoms with van der Waals surface area (Å²) in [6.07, 6.45) is 6.73. The average Bonchev–Trinajstić information content (AvgIpc) is 2.63. The van der Waals surface area contributed by atoms with Crippen molar-refractivity contribution in [3.63, 3.8) is 0 Å². The molecule has 1 aromatic heterocycles. The first-order chi connectivity index (χ1) is 7.83. The molecule has 0 aromatic carbocycles. The van der Waals surface area contributed by atoms with Crippen LogP contribution in [-0.4, -0.2) is 12.6 Å². The molecule has 0 radical (unpaired) electrons. The third kappa shape index (κ3) is 2.86. The Balaban J connectivity index is 1.93. The van der Waals surface area contributed by atoms with E-state index in [1.165, 1.54) is 37.0 Å². The van der Waals surface area contributed by atoms with Gasteiger partial charge in [-0.3, -0.25) is 0 Å². The predicted molar refractivity (Wildman–Crippen MR) is 72.2 cm³/mol. The molecular formula is C14H23NS. The van der Waals surface area contributed by atoms with Gasteiger partial charge in [0.05, 0.1) is 0 Å². The van der Waals surface area contributed by atoms with Gasteiger partial charge in [0.2, 0.25) is 0 Å². The highest BCUT2D eigenvalue weighted by molar-refractivity contribution is 7.11. The number of hydrogen-bond donors (Lipinski definition) is 1. The Kier molecular flexibility index (Phi) is 4.42. The SMILES string of the molecule is CCNC(Cc1ccc(CC)s1)C1CCC1. The van der Waals surface area contributed by atoms with Crippen LogP contribution in [0.4, 0.5) is 0 Å². The fraction of sp³-hybridized carbons (Fsp3) is 0.714. The van der Waals surface area contributed by atoms with E-state index in [2.05, 4.69) is 31.3 Å². The van der Waals surface area contributed by atoms with E-state index in [9.17, 15) is 0 Å². The van der Waals surface area contributed by atoms with Crippen molar-refractivity contribution in [2.24, 2.45) is 5.92 Å². The number of rotatable bonds is 6. The number of aryl methyl sites for hydroxylation is 1. The summed E-state index contributed by atoms with van der Waals surface area (Å²) in [5.74, 6) is 0.937. The predicted octanol–water partition coefficient (Wildman–Crippen LogP) is 3.63. The quantitative estimate of drug-likeness (QED) is 0.796. The molecule has 0 aliphatic heterocycles. The van der Waals surface area contributed by atoms with Crippen LogP contribution in [0, 0.1) is 5.92 Å². The van der Waals surface area contributed by atoms with Gasteiger partial charge in [0, 0.05) is 15.8 Å². The summed E-state index contributed by atoms with van der Waals surface area (Å²) >= 11 is 2.00. The monoisotopic (exact) mass is 237 g/mol. The minimum Gasteiger partial charge on any atom is -0.314 e. The van der Waals surface area contributed by atoms with Crippen molar-refractivity contribution in [3.05, 3.63) is 21.9 Å². The maximum absolute atomic E-state index is 3.67. The van der Waals surface area contributed by atoms with Crippen LogP contribution in [0.1, 0.15) is 42.9 Å². The topological polar surface area (TPSA) is 12.0 Å². The first kappa shape index (κ1) is 12.1. The highest BCUT2D eigenvalue weighted by Crippen LogP contribution is 2.32. The molecule has 0 bridgehead atoms. The van der Waals surface area contributed by atoms with E-state index in [0.29, 0.717) is 0 Å². The summed E-state index contributed by atoms with van der Waals surface area (Å²) in [5, 5.41) is 3.67. The van der Waals surface area contributed by atoms with E-state index >= 15 is 0 Å². The van der Waals surface area contributed by atoms with E-state index in [1.807, 2.05) is 11.3 Å². The van der Waals surface area contributed by atoms with E-state index in [1.54, 1.807) is 4.88 Å². The first-order valence-electron chi connectivity index (χ1n) is 6.64. The Labute approximate surface area is 103 Å². The Morgan fingerprint density at radius 1 is 1.31 bits per heavy atom. The largest absolute Gasteiger partial charge is 0.314 e. The first-order valence-corrected chi connectivity index (χ1v) is 7.46. The Bertz CT molecular complexity index is 314. The molecular weight excluding hydrogens is 214 g/mol. The molecule has 1 atom stereocenters. The van der Waals surface area contributed by atoms with E-state index in [0.717, 1.165) is 18.5 Å². The standard InChI is InChI=1S/C14H23NS/c1-3-12-8-9-13(16-12)10-14(15-4-2)11-6-5-7-11/h8-9,11,14-15H,3-7,10H2,1-2H3. The van der Waals surface area contributed by atoms with Gasteiger partial charge >= 0.3 is 0 Å². The van der Waals surface area contributed by atoms with Crippen LogP contribution in [0.5, 0.6) is 0 Å². The number of hydrogen-bond acceptors (Lipinski definition) is 2. The summed E-state index contributed by atoms with van der Waals surface area (Å²) in [6.45, 7) is 5.56. The Morgan fingerprint density at radius 3 is 2.56 bits per heavy atom. The molecule has 1 saturated carbocycles. The van der Waals surface area contributed by atoms with Crippen molar-refractivity contribution < 1.29 is 0 Å². The Hall–Kier alpha value is -0.340. The number of thiophene rings is 1. The number of nitrogens with one attached hydrogen (secondary N) is 1. The molecule has 16 heavy (non-hydrogen) atoms. The van der Waals surface area contributed by atoms with E-state index in [-0.39, 0.29) is 0 Å². The lowest BCUT2D eigenvalue weighted by Crippen LogP contribution is -2.40. The van der Waals surface area contributed by atoms with Gasteiger partial charge in [0.25, 0.3) is 0 Å². The summed E-state index contributed by atoms with van der Waals surface area (Å²) in [5.41, 5.74) is 0. The molecule has 1 aliphatic rings. The van der Waals surface area contributed by atoms with Crippen molar-refractivity contribution in [1.82, 2.24) is 5.32 Å². The molecule has 1 aliphatic carbocycles. The van der Waals surface area contributed by atoms with Crippen LogP contribution >= 0.6 is 11.3 Å². The van der Waals surface area contributed by atoms with Gasteiger partial charge in [-0.1, -0.05) is 20.3 Å². The van der Waals surface area contributed by atoms with Crippen LogP contribution in [0.15, 0.2) is 12.1 Å². The molecule has 1 N–H and O–H groups in total. The second-order valence-corrected chi connectivity index (χ2v) is 6.03. The molecule has 2 heteroatoms. The van der Waals surface area contributed by atoms with Gasteiger partial charge < -0.3 is 5.32 Å². The third-order valence-corrected chi connectivity index (χ3v) is 4.92. The zero-order chi connectivity index (χ0) is 11.4. The van der Waals surface area contributed by atoms with Crippen LogP contribution in [0.3, 0.4) is 0 Å². The third-order valence-electron chi connectivity index (χ3n) is 3.67. The molecule has 0 spiro atoms. The van der Waals surface area contributed by atoms with Crippen LogP contribution in [-0.2, 0) is 12.8 Å². The minimum atomic E-state index is 0.724. The maximum atomic E-state index is 3.67. The molecule has 1 aromatic rings. The van der Waals surface area contributed by atoms with Crippen molar-refractivity contribution in [3.8, 4) is 0 Å². The zero-order valence-corrected chi connectivity index (χ0v) is 11.3. The van der Waals surface area contributed by atoms with Gasteiger partial charge in [-0.05, 0) is 50.3 Å². The van der Waals surface area contributed by atoms with Gasteiger partial charge in [-0.25, -0.2) is 0 Å². The van der Waals surface area contributed by atoms with Crippen LogP contribution in [0.25, 0.3) is 0 Å². The molecule has 1 heterocycles. The fourth-order valence-electron chi connectivity index (χ4n) is 2.45. The molecule has 0 saturated heterocycles. The maximum Gasteiger partial charge on any atom is 0.0143 e. The second kappa shape index (κ2) is 5.83. The summed E-state index contributed by atoms with van der Waals surface area (Å²) in [6, 6.07) is 5.35. The van der Waals surface area contributed by atoms with E-state index < -0.39 is 0 Å².